The Balaban J connectivity index is 2.57. The van der Waals surface area contributed by atoms with E-state index in [1.54, 1.807) is 11.8 Å². The quantitative estimate of drug-likeness (QED) is 0.362. The highest BCUT2D eigenvalue weighted by Gasteiger charge is 2.20. The van der Waals surface area contributed by atoms with E-state index in [4.69, 9.17) is 4.74 Å². The van der Waals surface area contributed by atoms with Crippen molar-refractivity contribution < 1.29 is 19.1 Å². The molecule has 1 heterocycles. The SMILES string of the molecule is C/C=C(\OC=O)C(=O)N1CCOCC1. The summed E-state index contributed by atoms with van der Waals surface area (Å²) < 4.78 is 9.65. The van der Waals surface area contributed by atoms with Gasteiger partial charge < -0.3 is 14.4 Å². The highest BCUT2D eigenvalue weighted by atomic mass is 16.5. The predicted octanol–water partition coefficient (Wildman–Crippen LogP) is -0.0780. The Bertz CT molecular complexity index is 243. The molecule has 0 bridgehead atoms. The van der Waals surface area contributed by atoms with Gasteiger partial charge in [0.1, 0.15) is 0 Å². The maximum atomic E-state index is 11.6. The van der Waals surface area contributed by atoms with Crippen molar-refractivity contribution in [2.45, 2.75) is 6.92 Å². The highest BCUT2D eigenvalue weighted by Crippen LogP contribution is 2.05. The summed E-state index contributed by atoms with van der Waals surface area (Å²) in [4.78, 5) is 23.3. The lowest BCUT2D eigenvalue weighted by Gasteiger charge is -2.26. The summed E-state index contributed by atoms with van der Waals surface area (Å²) in [5.74, 6) is -0.190. The van der Waals surface area contributed by atoms with Crippen LogP contribution in [0.2, 0.25) is 0 Å². The van der Waals surface area contributed by atoms with Gasteiger partial charge in [0.05, 0.1) is 13.2 Å². The van der Waals surface area contributed by atoms with Crippen molar-refractivity contribution in [1.29, 1.82) is 0 Å². The van der Waals surface area contributed by atoms with E-state index in [0.29, 0.717) is 26.3 Å². The second kappa shape index (κ2) is 5.39. The topological polar surface area (TPSA) is 55.8 Å². The maximum absolute atomic E-state index is 11.6. The maximum Gasteiger partial charge on any atom is 0.298 e. The minimum absolute atomic E-state index is 0.0712. The molecule has 1 amide bonds. The van der Waals surface area contributed by atoms with Crippen LogP contribution in [0.1, 0.15) is 6.92 Å². The second-order valence-electron chi connectivity index (χ2n) is 2.77. The lowest BCUT2D eigenvalue weighted by atomic mass is 10.3. The van der Waals surface area contributed by atoms with E-state index in [-0.39, 0.29) is 18.1 Å². The standard InChI is InChI=1S/C9H13NO4/c1-2-8(14-7-11)9(12)10-3-5-13-6-4-10/h2,7H,3-6H2,1H3/b8-2-. The van der Waals surface area contributed by atoms with Crippen LogP contribution in [-0.4, -0.2) is 43.6 Å². The first-order valence-electron chi connectivity index (χ1n) is 4.43. The van der Waals surface area contributed by atoms with Crippen LogP contribution in [0.25, 0.3) is 0 Å². The molecule has 5 nitrogen and oxygen atoms in total. The van der Waals surface area contributed by atoms with Gasteiger partial charge in [0.15, 0.2) is 5.76 Å². The summed E-state index contributed by atoms with van der Waals surface area (Å²) in [6.07, 6.45) is 1.48. The van der Waals surface area contributed by atoms with E-state index in [9.17, 15) is 9.59 Å². The molecule has 0 radical (unpaired) electrons. The lowest BCUT2D eigenvalue weighted by molar-refractivity contribution is -0.139. The molecule has 0 N–H and O–H groups in total. The van der Waals surface area contributed by atoms with E-state index in [0.717, 1.165) is 0 Å². The normalized spacial score (nSPS) is 17.8. The molecular formula is C9H13NO4. The number of carbonyl (C=O) groups is 2. The van der Waals surface area contributed by atoms with Gasteiger partial charge in [0.25, 0.3) is 12.4 Å². The summed E-state index contributed by atoms with van der Waals surface area (Å²) in [5.41, 5.74) is 0. The van der Waals surface area contributed by atoms with Crippen LogP contribution in [0.3, 0.4) is 0 Å². The highest BCUT2D eigenvalue weighted by molar-refractivity contribution is 5.92. The van der Waals surface area contributed by atoms with Crippen molar-refractivity contribution in [3.63, 3.8) is 0 Å². The number of ether oxygens (including phenoxy) is 2. The minimum Gasteiger partial charge on any atom is -0.423 e. The molecule has 1 aliphatic heterocycles. The van der Waals surface area contributed by atoms with Gasteiger partial charge in [-0.15, -0.1) is 0 Å². The fraction of sp³-hybridized carbons (Fsp3) is 0.556. The van der Waals surface area contributed by atoms with Crippen LogP contribution in [-0.2, 0) is 19.1 Å². The molecule has 1 saturated heterocycles. The molecule has 78 valence electrons. The van der Waals surface area contributed by atoms with Crippen molar-refractivity contribution in [1.82, 2.24) is 4.90 Å². The van der Waals surface area contributed by atoms with Crippen LogP contribution in [0.5, 0.6) is 0 Å². The number of morpholine rings is 1. The summed E-state index contributed by atoms with van der Waals surface area (Å²) in [6, 6.07) is 0. The summed E-state index contributed by atoms with van der Waals surface area (Å²) >= 11 is 0. The smallest absolute Gasteiger partial charge is 0.298 e. The Morgan fingerprint density at radius 3 is 2.57 bits per heavy atom. The first-order valence-corrected chi connectivity index (χ1v) is 4.43. The number of rotatable bonds is 3. The molecular weight excluding hydrogens is 186 g/mol. The van der Waals surface area contributed by atoms with Crippen molar-refractivity contribution in [2.75, 3.05) is 26.3 Å². The van der Waals surface area contributed by atoms with E-state index in [1.807, 2.05) is 0 Å². The zero-order chi connectivity index (χ0) is 10.4. The fourth-order valence-electron chi connectivity index (χ4n) is 1.22. The number of carbonyl (C=O) groups excluding carboxylic acids is 2. The second-order valence-corrected chi connectivity index (χ2v) is 2.77. The van der Waals surface area contributed by atoms with Crippen molar-refractivity contribution in [3.8, 4) is 0 Å². The van der Waals surface area contributed by atoms with E-state index in [1.165, 1.54) is 6.08 Å². The Hall–Kier alpha value is -1.36. The van der Waals surface area contributed by atoms with Gasteiger partial charge in [-0.1, -0.05) is 0 Å². The number of allylic oxidation sites excluding steroid dienone is 1. The molecule has 0 aromatic rings. The molecule has 5 heteroatoms. The van der Waals surface area contributed by atoms with Crippen LogP contribution >= 0.6 is 0 Å². The van der Waals surface area contributed by atoms with Gasteiger partial charge in [-0.05, 0) is 13.0 Å². The first-order chi connectivity index (χ1) is 6.79. The number of nitrogens with zero attached hydrogens (tertiary/aromatic N) is 1. The third kappa shape index (κ3) is 2.56. The van der Waals surface area contributed by atoms with Crippen molar-refractivity contribution in [2.24, 2.45) is 0 Å². The number of hydrogen-bond donors (Lipinski definition) is 0. The molecule has 0 spiro atoms. The molecule has 1 aliphatic rings. The number of amides is 1. The van der Waals surface area contributed by atoms with Gasteiger partial charge in [-0.3, -0.25) is 9.59 Å². The van der Waals surface area contributed by atoms with Crippen molar-refractivity contribution in [3.05, 3.63) is 11.8 Å². The Morgan fingerprint density at radius 2 is 2.07 bits per heavy atom. The molecule has 0 aromatic carbocycles. The van der Waals surface area contributed by atoms with Crippen LogP contribution < -0.4 is 0 Å². The van der Waals surface area contributed by atoms with Gasteiger partial charge >= 0.3 is 0 Å². The monoisotopic (exact) mass is 199 g/mol. The van der Waals surface area contributed by atoms with Gasteiger partial charge in [-0.2, -0.15) is 0 Å². The molecule has 0 aliphatic carbocycles. The Morgan fingerprint density at radius 1 is 1.43 bits per heavy atom. The van der Waals surface area contributed by atoms with Gasteiger partial charge in [-0.25, -0.2) is 0 Å². The molecule has 0 atom stereocenters. The van der Waals surface area contributed by atoms with E-state index < -0.39 is 0 Å². The van der Waals surface area contributed by atoms with Crippen LogP contribution in [0.4, 0.5) is 0 Å². The fourth-order valence-corrected chi connectivity index (χ4v) is 1.22. The van der Waals surface area contributed by atoms with Gasteiger partial charge in [0.2, 0.25) is 0 Å². The summed E-state index contributed by atoms with van der Waals surface area (Å²) in [5, 5.41) is 0. The molecule has 1 rings (SSSR count). The molecule has 0 aromatic heterocycles. The Labute approximate surface area is 82.3 Å². The van der Waals surface area contributed by atoms with E-state index in [2.05, 4.69) is 4.74 Å². The summed E-state index contributed by atoms with van der Waals surface area (Å²) in [7, 11) is 0. The van der Waals surface area contributed by atoms with E-state index >= 15 is 0 Å². The van der Waals surface area contributed by atoms with Gasteiger partial charge in [0, 0.05) is 13.1 Å². The molecule has 1 fully saturated rings. The average molecular weight is 199 g/mol. The largest absolute Gasteiger partial charge is 0.423 e. The van der Waals surface area contributed by atoms with Crippen molar-refractivity contribution >= 4 is 12.4 Å². The third-order valence-electron chi connectivity index (χ3n) is 1.95. The zero-order valence-corrected chi connectivity index (χ0v) is 8.06. The van der Waals surface area contributed by atoms with Crippen LogP contribution in [0, 0.1) is 0 Å². The third-order valence-corrected chi connectivity index (χ3v) is 1.95. The lowest BCUT2D eigenvalue weighted by Crippen LogP contribution is -2.41. The molecule has 0 saturated carbocycles. The summed E-state index contributed by atoms with van der Waals surface area (Å²) in [6.45, 7) is 4.05. The number of hydrogen-bond acceptors (Lipinski definition) is 4. The zero-order valence-electron chi connectivity index (χ0n) is 8.06. The molecule has 14 heavy (non-hydrogen) atoms. The first kappa shape index (κ1) is 10.7. The molecule has 0 unspecified atom stereocenters. The van der Waals surface area contributed by atoms with Crippen LogP contribution in [0.15, 0.2) is 11.8 Å². The predicted molar refractivity (Wildman–Crippen MR) is 48.3 cm³/mol. The minimum atomic E-state index is -0.261. The average Bonchev–Trinajstić information content (AvgIpc) is 2.26. The Kier molecular flexibility index (Phi) is 4.12.